The summed E-state index contributed by atoms with van der Waals surface area (Å²) in [6.07, 6.45) is 5.05. The van der Waals surface area contributed by atoms with E-state index in [-0.39, 0.29) is 11.8 Å². The largest absolute Gasteiger partial charge is 0.385 e. The van der Waals surface area contributed by atoms with Crippen molar-refractivity contribution in [3.63, 3.8) is 0 Å². The van der Waals surface area contributed by atoms with Gasteiger partial charge in [-0.05, 0) is 45.2 Å². The van der Waals surface area contributed by atoms with E-state index in [0.717, 1.165) is 32.5 Å². The Bertz CT molecular complexity index is 416. The minimum absolute atomic E-state index is 0.0581. The number of likely N-dealkylation sites (tertiary alicyclic amines) is 2. The van der Waals surface area contributed by atoms with Gasteiger partial charge < -0.3 is 15.0 Å². The number of nitrogens with one attached hydrogen (secondary N) is 1. The Morgan fingerprint density at radius 2 is 1.91 bits per heavy atom. The zero-order valence-electron chi connectivity index (χ0n) is 14.7. The summed E-state index contributed by atoms with van der Waals surface area (Å²) in [6.45, 7) is 7.11. The van der Waals surface area contributed by atoms with Crippen LogP contribution >= 0.6 is 0 Å². The zero-order valence-corrected chi connectivity index (χ0v) is 14.7. The number of rotatable bonds is 7. The molecule has 6 nitrogen and oxygen atoms in total. The van der Waals surface area contributed by atoms with Crippen molar-refractivity contribution in [3.8, 4) is 0 Å². The quantitative estimate of drug-likeness (QED) is 0.759. The van der Waals surface area contributed by atoms with E-state index in [2.05, 4.69) is 17.1 Å². The van der Waals surface area contributed by atoms with Gasteiger partial charge in [-0.1, -0.05) is 6.92 Å². The normalized spacial score (nSPS) is 26.5. The van der Waals surface area contributed by atoms with E-state index >= 15 is 0 Å². The first kappa shape index (κ1) is 18.2. The number of carbonyl (C=O) groups excluding carboxylic acids is 2. The first-order chi connectivity index (χ1) is 11.1. The number of hydrogen-bond acceptors (Lipinski definition) is 4. The molecule has 0 saturated carbocycles. The van der Waals surface area contributed by atoms with E-state index in [1.807, 2.05) is 4.90 Å². The summed E-state index contributed by atoms with van der Waals surface area (Å²) in [6, 6.07) is 0.306. The van der Waals surface area contributed by atoms with Crippen molar-refractivity contribution in [2.24, 2.45) is 0 Å². The van der Waals surface area contributed by atoms with Crippen LogP contribution in [-0.2, 0) is 14.3 Å². The van der Waals surface area contributed by atoms with Crippen molar-refractivity contribution in [3.05, 3.63) is 0 Å². The van der Waals surface area contributed by atoms with Gasteiger partial charge in [-0.15, -0.1) is 0 Å². The van der Waals surface area contributed by atoms with E-state index < -0.39 is 6.04 Å². The smallest absolute Gasteiger partial charge is 0.245 e. The highest BCUT2D eigenvalue weighted by molar-refractivity contribution is 5.87. The third-order valence-corrected chi connectivity index (χ3v) is 5.13. The van der Waals surface area contributed by atoms with Crippen LogP contribution in [0.3, 0.4) is 0 Å². The fourth-order valence-electron chi connectivity index (χ4n) is 4.09. The Hall–Kier alpha value is -1.14. The van der Waals surface area contributed by atoms with E-state index in [4.69, 9.17) is 4.74 Å². The summed E-state index contributed by atoms with van der Waals surface area (Å²) in [5.41, 5.74) is 0. The highest BCUT2D eigenvalue weighted by Crippen LogP contribution is 2.30. The van der Waals surface area contributed by atoms with Gasteiger partial charge in [0, 0.05) is 39.3 Å². The highest BCUT2D eigenvalue weighted by Gasteiger charge is 2.40. The molecule has 0 bridgehead atoms. The zero-order chi connectivity index (χ0) is 16.8. The Balaban J connectivity index is 2.06. The predicted octanol–water partition coefficient (Wildman–Crippen LogP) is 1.00. The summed E-state index contributed by atoms with van der Waals surface area (Å²) < 4.78 is 5.10. The average Bonchev–Trinajstić information content (AvgIpc) is 3.17. The lowest BCUT2D eigenvalue weighted by atomic mass is 10.0. The van der Waals surface area contributed by atoms with Crippen LogP contribution in [0.4, 0.5) is 0 Å². The molecule has 132 valence electrons. The molecular formula is C17H31N3O3. The molecule has 3 atom stereocenters. The van der Waals surface area contributed by atoms with Crippen LogP contribution < -0.4 is 5.32 Å². The molecule has 1 N–H and O–H groups in total. The molecule has 2 amide bonds. The van der Waals surface area contributed by atoms with Crippen LogP contribution in [0.2, 0.25) is 0 Å². The van der Waals surface area contributed by atoms with E-state index in [1.54, 1.807) is 7.11 Å². The molecule has 0 aromatic heterocycles. The van der Waals surface area contributed by atoms with Gasteiger partial charge >= 0.3 is 0 Å². The maximum Gasteiger partial charge on any atom is 0.245 e. The van der Waals surface area contributed by atoms with Crippen molar-refractivity contribution in [2.45, 2.75) is 64.1 Å². The van der Waals surface area contributed by atoms with Gasteiger partial charge in [0.05, 0.1) is 0 Å². The lowest BCUT2D eigenvalue weighted by molar-refractivity contribution is -0.138. The number of nitrogens with zero attached hydrogens (tertiary/aromatic N) is 2. The van der Waals surface area contributed by atoms with Crippen LogP contribution in [0.1, 0.15) is 46.0 Å². The third-order valence-electron chi connectivity index (χ3n) is 5.13. The lowest BCUT2D eigenvalue weighted by Gasteiger charge is -2.36. The molecule has 2 saturated heterocycles. The van der Waals surface area contributed by atoms with Gasteiger partial charge in [-0.25, -0.2) is 0 Å². The summed E-state index contributed by atoms with van der Waals surface area (Å²) in [4.78, 5) is 28.9. The topological polar surface area (TPSA) is 61.9 Å². The van der Waals surface area contributed by atoms with Crippen LogP contribution in [0.25, 0.3) is 0 Å². The van der Waals surface area contributed by atoms with Crippen molar-refractivity contribution in [1.29, 1.82) is 0 Å². The maximum atomic E-state index is 13.0. The van der Waals surface area contributed by atoms with Gasteiger partial charge in [-0.3, -0.25) is 14.5 Å². The summed E-state index contributed by atoms with van der Waals surface area (Å²) in [7, 11) is 1.62. The minimum atomic E-state index is -0.468. The Morgan fingerprint density at radius 3 is 2.57 bits per heavy atom. The van der Waals surface area contributed by atoms with Crippen molar-refractivity contribution in [1.82, 2.24) is 15.1 Å². The minimum Gasteiger partial charge on any atom is -0.385 e. The second kappa shape index (κ2) is 8.64. The van der Waals surface area contributed by atoms with Gasteiger partial charge in [0.2, 0.25) is 11.8 Å². The molecule has 2 rings (SSSR count). The molecule has 0 unspecified atom stereocenters. The molecule has 0 radical (unpaired) electrons. The first-order valence-corrected chi connectivity index (χ1v) is 8.89. The molecule has 2 heterocycles. The van der Waals surface area contributed by atoms with Gasteiger partial charge in [0.1, 0.15) is 6.04 Å². The standard InChI is InChI=1S/C17H31N3O3/c1-4-19-10-5-7-15(19)16-8-6-11-20(16)17(22)14(9-12-23-3)18-13(2)21/h14-16H,4-12H2,1-3H3,(H,18,21)/t14-,15-,16-/m1/s1. The predicted molar refractivity (Wildman–Crippen MR) is 89.1 cm³/mol. The number of hydrogen-bond donors (Lipinski definition) is 1. The Kier molecular flexibility index (Phi) is 6.84. The molecule has 0 aromatic rings. The van der Waals surface area contributed by atoms with Crippen molar-refractivity contribution in [2.75, 3.05) is 33.4 Å². The van der Waals surface area contributed by atoms with Crippen molar-refractivity contribution < 1.29 is 14.3 Å². The first-order valence-electron chi connectivity index (χ1n) is 8.89. The van der Waals surface area contributed by atoms with Crippen molar-refractivity contribution >= 4 is 11.8 Å². The van der Waals surface area contributed by atoms with Crippen LogP contribution in [0.5, 0.6) is 0 Å². The molecule has 23 heavy (non-hydrogen) atoms. The lowest BCUT2D eigenvalue weighted by Crippen LogP contribution is -2.54. The molecule has 0 aliphatic carbocycles. The second-order valence-corrected chi connectivity index (χ2v) is 6.61. The molecule has 0 spiro atoms. The maximum absolute atomic E-state index is 13.0. The fourth-order valence-corrected chi connectivity index (χ4v) is 4.09. The number of carbonyl (C=O) groups is 2. The molecule has 0 aromatic carbocycles. The summed E-state index contributed by atoms with van der Waals surface area (Å²) in [5, 5.41) is 2.80. The van der Waals surface area contributed by atoms with Gasteiger partial charge in [-0.2, -0.15) is 0 Å². The molecule has 2 aliphatic heterocycles. The number of ether oxygens (including phenoxy) is 1. The SMILES string of the molecule is CCN1CCC[C@@H]1[C@H]1CCCN1C(=O)[C@@H](CCOC)NC(C)=O. The van der Waals surface area contributed by atoms with E-state index in [0.29, 0.717) is 25.1 Å². The van der Waals surface area contributed by atoms with E-state index in [1.165, 1.54) is 19.8 Å². The summed E-state index contributed by atoms with van der Waals surface area (Å²) in [5.74, 6) is -0.103. The number of methoxy groups -OCH3 is 1. The van der Waals surface area contributed by atoms with Crippen LogP contribution in [-0.4, -0.2) is 73.1 Å². The van der Waals surface area contributed by atoms with Gasteiger partial charge in [0.25, 0.3) is 0 Å². The van der Waals surface area contributed by atoms with E-state index in [9.17, 15) is 9.59 Å². The highest BCUT2D eigenvalue weighted by atomic mass is 16.5. The molecular weight excluding hydrogens is 294 g/mol. The van der Waals surface area contributed by atoms with Crippen LogP contribution in [0, 0.1) is 0 Å². The fraction of sp³-hybridized carbons (Fsp3) is 0.882. The summed E-state index contributed by atoms with van der Waals surface area (Å²) >= 11 is 0. The second-order valence-electron chi connectivity index (χ2n) is 6.61. The monoisotopic (exact) mass is 325 g/mol. The Labute approximate surface area is 139 Å². The molecule has 2 fully saturated rings. The van der Waals surface area contributed by atoms with Gasteiger partial charge in [0.15, 0.2) is 0 Å². The van der Waals surface area contributed by atoms with Crippen LogP contribution in [0.15, 0.2) is 0 Å². The average molecular weight is 325 g/mol. The number of likely N-dealkylation sites (N-methyl/N-ethyl adjacent to an activating group) is 1. The number of amides is 2. The Morgan fingerprint density at radius 1 is 1.22 bits per heavy atom. The third kappa shape index (κ3) is 4.44. The molecule has 2 aliphatic rings. The molecule has 6 heteroatoms.